The molecule has 5 nitrogen and oxygen atoms in total. The third-order valence-corrected chi connectivity index (χ3v) is 2.19. The summed E-state index contributed by atoms with van der Waals surface area (Å²) in [5.74, 6) is 6.91. The van der Waals surface area contributed by atoms with Crippen LogP contribution in [0.4, 0.5) is 5.82 Å². The van der Waals surface area contributed by atoms with Gasteiger partial charge < -0.3 is 10.7 Å². The molecular weight excluding hydrogens is 166 g/mol. The molecule has 4 N–H and O–H groups in total. The van der Waals surface area contributed by atoms with Crippen molar-refractivity contribution in [3.05, 3.63) is 17.1 Å². The molecule has 1 aliphatic heterocycles. The number of hydrogen-bond acceptors (Lipinski definition) is 5. The lowest BCUT2D eigenvalue weighted by atomic mass is 10.1. The highest BCUT2D eigenvalue weighted by Gasteiger charge is 2.15. The lowest BCUT2D eigenvalue weighted by Gasteiger charge is -2.18. The Kier molecular flexibility index (Phi) is 2.12. The summed E-state index contributed by atoms with van der Waals surface area (Å²) in [6, 6.07) is 0. The second-order valence-corrected chi connectivity index (χ2v) is 3.12. The van der Waals surface area contributed by atoms with Crippen molar-refractivity contribution in [2.75, 3.05) is 12.0 Å². The molecule has 0 saturated carbocycles. The average molecular weight is 179 g/mol. The van der Waals surface area contributed by atoms with Crippen molar-refractivity contribution in [1.82, 2.24) is 15.3 Å². The first-order valence-electron chi connectivity index (χ1n) is 4.35. The van der Waals surface area contributed by atoms with Gasteiger partial charge >= 0.3 is 0 Å². The Morgan fingerprint density at radius 2 is 2.31 bits per heavy atom. The van der Waals surface area contributed by atoms with Crippen LogP contribution < -0.4 is 16.6 Å². The molecule has 70 valence electrons. The maximum Gasteiger partial charge on any atom is 0.147 e. The Bertz CT molecular complexity index is 305. The fraction of sp³-hybridized carbons (Fsp3) is 0.500. The van der Waals surface area contributed by atoms with Gasteiger partial charge in [0.25, 0.3) is 0 Å². The number of nitrogens with two attached hydrogens (primary N) is 1. The Morgan fingerprint density at radius 1 is 1.46 bits per heavy atom. The van der Waals surface area contributed by atoms with E-state index in [4.69, 9.17) is 5.84 Å². The SMILES string of the molecule is Cc1nc2c(c(NN)n1)CCNC2. The molecule has 1 aromatic heterocycles. The van der Waals surface area contributed by atoms with Crippen LogP contribution in [0.3, 0.4) is 0 Å². The first-order chi connectivity index (χ1) is 6.31. The molecule has 13 heavy (non-hydrogen) atoms. The molecule has 0 aromatic carbocycles. The van der Waals surface area contributed by atoms with Gasteiger partial charge in [0.1, 0.15) is 11.6 Å². The van der Waals surface area contributed by atoms with Crippen molar-refractivity contribution in [2.24, 2.45) is 5.84 Å². The molecule has 0 radical (unpaired) electrons. The monoisotopic (exact) mass is 179 g/mol. The number of fused-ring (bicyclic) bond motifs is 1. The highest BCUT2D eigenvalue weighted by Crippen LogP contribution is 2.18. The van der Waals surface area contributed by atoms with Gasteiger partial charge in [0.05, 0.1) is 5.69 Å². The quantitative estimate of drug-likeness (QED) is 0.408. The number of nitrogens with zero attached hydrogens (tertiary/aromatic N) is 2. The standard InChI is InChI=1S/C8H13N5/c1-5-11-7-4-10-3-2-6(7)8(12-5)13-9/h10H,2-4,9H2,1H3,(H,11,12,13). The molecule has 0 aliphatic carbocycles. The van der Waals surface area contributed by atoms with E-state index >= 15 is 0 Å². The van der Waals surface area contributed by atoms with Gasteiger partial charge in [0, 0.05) is 12.1 Å². The number of nitrogen functional groups attached to an aromatic ring is 1. The second-order valence-electron chi connectivity index (χ2n) is 3.12. The zero-order valence-corrected chi connectivity index (χ0v) is 7.59. The maximum atomic E-state index is 5.38. The first-order valence-corrected chi connectivity index (χ1v) is 4.35. The van der Waals surface area contributed by atoms with Crippen molar-refractivity contribution in [3.8, 4) is 0 Å². The van der Waals surface area contributed by atoms with E-state index in [1.54, 1.807) is 0 Å². The number of anilines is 1. The van der Waals surface area contributed by atoms with Crippen LogP contribution in [-0.2, 0) is 13.0 Å². The van der Waals surface area contributed by atoms with Gasteiger partial charge in [-0.3, -0.25) is 0 Å². The maximum absolute atomic E-state index is 5.38. The molecule has 1 aliphatic rings. The van der Waals surface area contributed by atoms with Crippen molar-refractivity contribution in [1.29, 1.82) is 0 Å². The summed E-state index contributed by atoms with van der Waals surface area (Å²) in [5, 5.41) is 3.26. The number of rotatable bonds is 1. The van der Waals surface area contributed by atoms with E-state index in [0.717, 1.165) is 42.4 Å². The van der Waals surface area contributed by atoms with Crippen molar-refractivity contribution >= 4 is 5.82 Å². The second kappa shape index (κ2) is 3.27. The highest BCUT2D eigenvalue weighted by molar-refractivity contribution is 5.46. The van der Waals surface area contributed by atoms with E-state index in [1.165, 1.54) is 0 Å². The third kappa shape index (κ3) is 1.48. The van der Waals surface area contributed by atoms with Gasteiger partial charge in [-0.15, -0.1) is 0 Å². The fourth-order valence-corrected chi connectivity index (χ4v) is 1.60. The number of aromatic nitrogens is 2. The minimum absolute atomic E-state index is 0.760. The summed E-state index contributed by atoms with van der Waals surface area (Å²) in [4.78, 5) is 8.58. The molecule has 0 bridgehead atoms. The Labute approximate surface area is 76.7 Å². The Balaban J connectivity index is 2.50. The van der Waals surface area contributed by atoms with E-state index in [1.807, 2.05) is 6.92 Å². The molecule has 5 heteroatoms. The van der Waals surface area contributed by atoms with Crippen LogP contribution in [0.15, 0.2) is 0 Å². The zero-order chi connectivity index (χ0) is 9.26. The van der Waals surface area contributed by atoms with Crippen molar-refractivity contribution < 1.29 is 0 Å². The molecule has 0 amide bonds. The van der Waals surface area contributed by atoms with E-state index in [-0.39, 0.29) is 0 Å². The van der Waals surface area contributed by atoms with Crippen molar-refractivity contribution in [3.63, 3.8) is 0 Å². The summed E-state index contributed by atoms with van der Waals surface area (Å²) >= 11 is 0. The van der Waals surface area contributed by atoms with Gasteiger partial charge in [-0.25, -0.2) is 15.8 Å². The number of aryl methyl sites for hydroxylation is 1. The Morgan fingerprint density at radius 3 is 3.08 bits per heavy atom. The van der Waals surface area contributed by atoms with Gasteiger partial charge in [-0.1, -0.05) is 0 Å². The molecule has 0 atom stereocenters. The van der Waals surface area contributed by atoms with Gasteiger partial charge in [-0.05, 0) is 19.9 Å². The molecule has 1 aromatic rings. The summed E-state index contributed by atoms with van der Waals surface area (Å²) in [6.45, 7) is 3.65. The van der Waals surface area contributed by atoms with E-state index in [2.05, 4.69) is 20.7 Å². The topological polar surface area (TPSA) is 75.9 Å². The molecule has 0 unspecified atom stereocenters. The van der Waals surface area contributed by atoms with E-state index in [9.17, 15) is 0 Å². The predicted octanol–water partition coefficient (Wildman–Crippen LogP) is -0.284. The third-order valence-electron chi connectivity index (χ3n) is 2.19. The number of hydrogen-bond donors (Lipinski definition) is 3. The zero-order valence-electron chi connectivity index (χ0n) is 7.59. The van der Waals surface area contributed by atoms with Gasteiger partial charge in [0.15, 0.2) is 0 Å². The Hall–Kier alpha value is -1.20. The highest BCUT2D eigenvalue weighted by atomic mass is 15.3. The number of nitrogens with one attached hydrogen (secondary N) is 2. The lowest BCUT2D eigenvalue weighted by Crippen LogP contribution is -2.27. The van der Waals surface area contributed by atoms with Crippen LogP contribution in [0.5, 0.6) is 0 Å². The van der Waals surface area contributed by atoms with Crippen molar-refractivity contribution in [2.45, 2.75) is 19.9 Å². The van der Waals surface area contributed by atoms with Crippen LogP contribution in [0.25, 0.3) is 0 Å². The molecule has 0 spiro atoms. The smallest absolute Gasteiger partial charge is 0.147 e. The minimum Gasteiger partial charge on any atom is -0.311 e. The lowest BCUT2D eigenvalue weighted by molar-refractivity contribution is 0.621. The summed E-state index contributed by atoms with van der Waals surface area (Å²) < 4.78 is 0. The first kappa shape index (κ1) is 8.40. The minimum atomic E-state index is 0.760. The molecule has 0 fully saturated rings. The average Bonchev–Trinajstić information content (AvgIpc) is 2.16. The molecular formula is C8H13N5. The van der Waals surface area contributed by atoms with E-state index in [0.29, 0.717) is 0 Å². The van der Waals surface area contributed by atoms with E-state index < -0.39 is 0 Å². The fourth-order valence-electron chi connectivity index (χ4n) is 1.60. The van der Waals surface area contributed by atoms with Crippen LogP contribution in [0.1, 0.15) is 17.1 Å². The summed E-state index contributed by atoms with van der Waals surface area (Å²) in [7, 11) is 0. The molecule has 2 heterocycles. The largest absolute Gasteiger partial charge is 0.311 e. The number of hydrazine groups is 1. The normalized spacial score (nSPS) is 15.2. The van der Waals surface area contributed by atoms with Crippen LogP contribution in [0.2, 0.25) is 0 Å². The van der Waals surface area contributed by atoms with Gasteiger partial charge in [-0.2, -0.15) is 0 Å². The predicted molar refractivity (Wildman–Crippen MR) is 50.0 cm³/mol. The summed E-state index contributed by atoms with van der Waals surface area (Å²) in [5.41, 5.74) is 4.82. The molecule has 0 saturated heterocycles. The van der Waals surface area contributed by atoms with Gasteiger partial charge in [0.2, 0.25) is 0 Å². The van der Waals surface area contributed by atoms with Crippen LogP contribution >= 0.6 is 0 Å². The van der Waals surface area contributed by atoms with Crippen LogP contribution in [-0.4, -0.2) is 16.5 Å². The summed E-state index contributed by atoms with van der Waals surface area (Å²) in [6.07, 6.45) is 0.940. The van der Waals surface area contributed by atoms with Crippen LogP contribution in [0, 0.1) is 6.92 Å². The molecule has 2 rings (SSSR count).